The first-order chi connectivity index (χ1) is 6.61. The molecule has 3 N–H and O–H groups in total. The number of hydrogen-bond donors (Lipinski definition) is 2. The van der Waals surface area contributed by atoms with Crippen LogP contribution in [0.25, 0.3) is 0 Å². The topological polar surface area (TPSA) is 50.9 Å². The van der Waals surface area contributed by atoms with Crippen LogP contribution in [0, 0.1) is 0 Å². The normalized spacial score (nSPS) is 18.7. The molecule has 0 saturated heterocycles. The Balaban J connectivity index is 2.23. The fourth-order valence-electron chi connectivity index (χ4n) is 1.72. The Morgan fingerprint density at radius 3 is 2.71 bits per heavy atom. The number of rotatable bonds is 2. The molecule has 14 heavy (non-hydrogen) atoms. The number of nitrogens with two attached hydrogens (primary N) is 1. The van der Waals surface area contributed by atoms with Gasteiger partial charge in [0.15, 0.2) is 0 Å². The molecule has 0 aliphatic heterocycles. The SMILES string of the molecule is CC1(Nc2c(N)cncc2Br)CCC1. The van der Waals surface area contributed by atoms with E-state index in [-0.39, 0.29) is 5.54 Å². The predicted octanol–water partition coefficient (Wildman–Crippen LogP) is 2.78. The Hall–Kier alpha value is -0.770. The molecular formula is C10H14BrN3. The molecule has 4 heteroatoms. The number of nitrogens with zero attached hydrogens (tertiary/aromatic N) is 1. The summed E-state index contributed by atoms with van der Waals surface area (Å²) in [5.41, 5.74) is 7.75. The molecule has 3 nitrogen and oxygen atoms in total. The van der Waals surface area contributed by atoms with Crippen molar-refractivity contribution in [3.8, 4) is 0 Å². The second-order valence-electron chi connectivity index (χ2n) is 4.12. The van der Waals surface area contributed by atoms with Crippen molar-refractivity contribution in [2.75, 3.05) is 11.1 Å². The maximum Gasteiger partial charge on any atom is 0.0754 e. The average molecular weight is 256 g/mol. The van der Waals surface area contributed by atoms with E-state index in [0.29, 0.717) is 5.69 Å². The minimum absolute atomic E-state index is 0.220. The Bertz CT molecular complexity index is 327. The van der Waals surface area contributed by atoms with Crippen LogP contribution in [-0.2, 0) is 0 Å². The molecule has 76 valence electrons. The minimum atomic E-state index is 0.220. The molecule has 1 heterocycles. The van der Waals surface area contributed by atoms with Gasteiger partial charge in [0.25, 0.3) is 0 Å². The van der Waals surface area contributed by atoms with E-state index in [4.69, 9.17) is 5.73 Å². The third-order valence-corrected chi connectivity index (χ3v) is 3.41. The second-order valence-corrected chi connectivity index (χ2v) is 4.98. The molecular weight excluding hydrogens is 242 g/mol. The van der Waals surface area contributed by atoms with Crippen LogP contribution in [0.2, 0.25) is 0 Å². The molecule has 1 aromatic heterocycles. The third kappa shape index (κ3) is 1.71. The summed E-state index contributed by atoms with van der Waals surface area (Å²) < 4.78 is 0.936. The van der Waals surface area contributed by atoms with Crippen molar-refractivity contribution in [2.45, 2.75) is 31.7 Å². The molecule has 0 radical (unpaired) electrons. The summed E-state index contributed by atoms with van der Waals surface area (Å²) in [6.07, 6.45) is 7.16. The quantitative estimate of drug-likeness (QED) is 0.855. The van der Waals surface area contributed by atoms with Crippen molar-refractivity contribution in [3.63, 3.8) is 0 Å². The highest BCUT2D eigenvalue weighted by atomic mass is 79.9. The molecule has 1 aromatic rings. The monoisotopic (exact) mass is 255 g/mol. The summed E-state index contributed by atoms with van der Waals surface area (Å²) in [4.78, 5) is 4.01. The molecule has 1 saturated carbocycles. The zero-order chi connectivity index (χ0) is 10.2. The molecule has 0 aromatic carbocycles. The Morgan fingerprint density at radius 2 is 2.21 bits per heavy atom. The predicted molar refractivity (Wildman–Crippen MR) is 62.2 cm³/mol. The first kappa shape index (κ1) is 9.77. The van der Waals surface area contributed by atoms with E-state index in [1.807, 2.05) is 0 Å². The molecule has 0 spiro atoms. The van der Waals surface area contributed by atoms with E-state index in [2.05, 4.69) is 33.2 Å². The van der Waals surface area contributed by atoms with Gasteiger partial charge in [0.2, 0.25) is 0 Å². The van der Waals surface area contributed by atoms with E-state index in [1.54, 1.807) is 12.4 Å². The lowest BCUT2D eigenvalue weighted by Gasteiger charge is -2.40. The standard InChI is InChI=1S/C10H14BrN3/c1-10(3-2-4-10)14-9-7(11)5-13-6-8(9)12/h5-6H,2-4,12H2,1H3,(H,13,14). The van der Waals surface area contributed by atoms with Gasteiger partial charge in [-0.25, -0.2) is 0 Å². The van der Waals surface area contributed by atoms with E-state index in [0.717, 1.165) is 10.2 Å². The van der Waals surface area contributed by atoms with Crippen molar-refractivity contribution in [1.29, 1.82) is 0 Å². The van der Waals surface area contributed by atoms with Crippen LogP contribution in [0.15, 0.2) is 16.9 Å². The molecule has 0 amide bonds. The summed E-state index contributed by atoms with van der Waals surface area (Å²) in [6.45, 7) is 2.23. The molecule has 0 bridgehead atoms. The van der Waals surface area contributed by atoms with Crippen molar-refractivity contribution < 1.29 is 0 Å². The van der Waals surface area contributed by atoms with Gasteiger partial charge in [-0.05, 0) is 42.1 Å². The maximum absolute atomic E-state index is 5.85. The number of pyridine rings is 1. The van der Waals surface area contributed by atoms with Crippen LogP contribution in [-0.4, -0.2) is 10.5 Å². The number of aromatic nitrogens is 1. The van der Waals surface area contributed by atoms with Gasteiger partial charge in [-0.3, -0.25) is 4.98 Å². The van der Waals surface area contributed by atoms with Crippen LogP contribution in [0.3, 0.4) is 0 Å². The first-order valence-corrected chi connectivity index (χ1v) is 5.57. The first-order valence-electron chi connectivity index (χ1n) is 4.78. The van der Waals surface area contributed by atoms with Gasteiger partial charge in [0, 0.05) is 11.7 Å². The average Bonchev–Trinajstić information content (AvgIpc) is 2.09. The number of halogens is 1. The summed E-state index contributed by atoms with van der Waals surface area (Å²) in [7, 11) is 0. The molecule has 2 rings (SSSR count). The van der Waals surface area contributed by atoms with E-state index >= 15 is 0 Å². The minimum Gasteiger partial charge on any atom is -0.396 e. The zero-order valence-electron chi connectivity index (χ0n) is 8.18. The smallest absolute Gasteiger partial charge is 0.0754 e. The summed E-state index contributed by atoms with van der Waals surface area (Å²) in [5.74, 6) is 0. The molecule has 0 atom stereocenters. The summed E-state index contributed by atoms with van der Waals surface area (Å²) >= 11 is 3.45. The molecule has 1 fully saturated rings. The van der Waals surface area contributed by atoms with Crippen molar-refractivity contribution in [3.05, 3.63) is 16.9 Å². The highest BCUT2D eigenvalue weighted by Crippen LogP contribution is 2.38. The van der Waals surface area contributed by atoms with Gasteiger partial charge in [0.1, 0.15) is 0 Å². The van der Waals surface area contributed by atoms with Crippen LogP contribution < -0.4 is 11.1 Å². The van der Waals surface area contributed by atoms with E-state index in [9.17, 15) is 0 Å². The van der Waals surface area contributed by atoms with E-state index < -0.39 is 0 Å². The maximum atomic E-state index is 5.85. The summed E-state index contributed by atoms with van der Waals surface area (Å²) in [6, 6.07) is 0. The number of anilines is 2. The fourth-order valence-corrected chi connectivity index (χ4v) is 2.16. The van der Waals surface area contributed by atoms with Crippen LogP contribution in [0.4, 0.5) is 11.4 Å². The Kier molecular flexibility index (Phi) is 2.39. The second kappa shape index (κ2) is 3.42. The lowest BCUT2D eigenvalue weighted by molar-refractivity contribution is 0.306. The molecule has 1 aliphatic carbocycles. The van der Waals surface area contributed by atoms with Crippen molar-refractivity contribution in [2.24, 2.45) is 0 Å². The highest BCUT2D eigenvalue weighted by Gasteiger charge is 2.32. The lowest BCUT2D eigenvalue weighted by atomic mass is 9.78. The number of hydrogen-bond acceptors (Lipinski definition) is 3. The van der Waals surface area contributed by atoms with Crippen molar-refractivity contribution in [1.82, 2.24) is 4.98 Å². The molecule has 0 unspecified atom stereocenters. The fraction of sp³-hybridized carbons (Fsp3) is 0.500. The van der Waals surface area contributed by atoms with Crippen molar-refractivity contribution >= 4 is 27.3 Å². The summed E-state index contributed by atoms with van der Waals surface area (Å²) in [5, 5.41) is 3.48. The Labute approximate surface area is 92.2 Å². The van der Waals surface area contributed by atoms with Gasteiger partial charge in [-0.2, -0.15) is 0 Å². The van der Waals surface area contributed by atoms with Crippen LogP contribution in [0.1, 0.15) is 26.2 Å². The zero-order valence-corrected chi connectivity index (χ0v) is 9.76. The van der Waals surface area contributed by atoms with Gasteiger partial charge in [0.05, 0.1) is 22.0 Å². The van der Waals surface area contributed by atoms with Crippen LogP contribution >= 0.6 is 15.9 Å². The van der Waals surface area contributed by atoms with Gasteiger partial charge >= 0.3 is 0 Å². The largest absolute Gasteiger partial charge is 0.396 e. The van der Waals surface area contributed by atoms with Gasteiger partial charge in [-0.1, -0.05) is 0 Å². The molecule has 1 aliphatic rings. The van der Waals surface area contributed by atoms with Crippen LogP contribution in [0.5, 0.6) is 0 Å². The number of nitrogens with one attached hydrogen (secondary N) is 1. The van der Waals surface area contributed by atoms with Gasteiger partial charge < -0.3 is 11.1 Å². The number of nitrogen functional groups attached to an aromatic ring is 1. The lowest BCUT2D eigenvalue weighted by Crippen LogP contribution is -2.41. The van der Waals surface area contributed by atoms with E-state index in [1.165, 1.54) is 19.3 Å². The highest BCUT2D eigenvalue weighted by molar-refractivity contribution is 9.10. The van der Waals surface area contributed by atoms with Gasteiger partial charge in [-0.15, -0.1) is 0 Å². The third-order valence-electron chi connectivity index (χ3n) is 2.81. The Morgan fingerprint density at radius 1 is 1.50 bits per heavy atom.